The summed E-state index contributed by atoms with van der Waals surface area (Å²) in [5.74, 6) is 0.435. The summed E-state index contributed by atoms with van der Waals surface area (Å²) in [6.45, 7) is 0.380. The van der Waals surface area contributed by atoms with Gasteiger partial charge in [0.1, 0.15) is 18.5 Å². The number of aliphatic hydroxyl groups excluding tert-OH is 1. The van der Waals surface area contributed by atoms with Crippen molar-refractivity contribution in [1.82, 2.24) is 9.88 Å². The van der Waals surface area contributed by atoms with Crippen molar-refractivity contribution in [3.05, 3.63) is 24.5 Å². The van der Waals surface area contributed by atoms with Crippen molar-refractivity contribution >= 4 is 30.7 Å². The number of carbonyl (C=O) groups excluding carboxylic acids is 1. The smallest absolute Gasteiger partial charge is 0.251 e. The number of likely N-dealkylation sites (N-methyl/N-ethyl adjacent to an activating group) is 1. The fourth-order valence-corrected chi connectivity index (χ4v) is 1.74. The Balaban J connectivity index is 0.00000144. The summed E-state index contributed by atoms with van der Waals surface area (Å²) in [5, 5.41) is 9.38. The van der Waals surface area contributed by atoms with E-state index in [0.717, 1.165) is 0 Å². The van der Waals surface area contributed by atoms with Gasteiger partial charge in [0.2, 0.25) is 0 Å². The molecule has 2 heterocycles. The Morgan fingerprint density at radius 3 is 2.78 bits per heavy atom. The Bertz CT molecular complexity index is 378. The number of pyridine rings is 1. The second-order valence-corrected chi connectivity index (χ2v) is 3.85. The summed E-state index contributed by atoms with van der Waals surface area (Å²) in [7, 11) is 1.68. The van der Waals surface area contributed by atoms with Crippen molar-refractivity contribution < 1.29 is 14.6 Å². The molecule has 2 atom stereocenters. The first-order chi connectivity index (χ1) is 7.68. The second kappa shape index (κ2) is 7.41. The molecule has 2 rings (SSSR count). The lowest BCUT2D eigenvalue weighted by Crippen LogP contribution is -2.34. The van der Waals surface area contributed by atoms with Crippen LogP contribution in [-0.4, -0.2) is 46.7 Å². The Kier molecular flexibility index (Phi) is 6.98. The zero-order valence-electron chi connectivity index (χ0n) is 9.85. The molecule has 1 aliphatic rings. The van der Waals surface area contributed by atoms with Crippen LogP contribution in [0.3, 0.4) is 0 Å². The molecule has 1 aromatic heterocycles. The average Bonchev–Trinajstić information content (AvgIpc) is 2.56. The number of ether oxygens (including phenoxy) is 1. The molecule has 1 aliphatic heterocycles. The van der Waals surface area contributed by atoms with Gasteiger partial charge in [0.25, 0.3) is 5.91 Å². The maximum atomic E-state index is 11.3. The standard InChI is InChI=1S/C11H14N2O3.2ClH/c1-13-8(5-10(14)11(13)15)7-16-9-3-2-4-12-6-9;;/h2-4,6,8,10,14H,5,7H2,1H3;2*1H/t8-,10+;;/m0../s1. The summed E-state index contributed by atoms with van der Waals surface area (Å²) in [6, 6.07) is 3.52. The Morgan fingerprint density at radius 1 is 1.56 bits per heavy atom. The molecule has 7 heteroatoms. The number of carbonyl (C=O) groups is 1. The normalized spacial score (nSPS) is 22.1. The summed E-state index contributed by atoms with van der Waals surface area (Å²) < 4.78 is 5.49. The third kappa shape index (κ3) is 3.73. The molecule has 0 unspecified atom stereocenters. The predicted octanol–water partition coefficient (Wildman–Crippen LogP) is 0.896. The first kappa shape index (κ1) is 17.0. The van der Waals surface area contributed by atoms with Gasteiger partial charge in [-0.05, 0) is 12.1 Å². The molecule has 1 amide bonds. The highest BCUT2D eigenvalue weighted by molar-refractivity contribution is 5.85. The van der Waals surface area contributed by atoms with Crippen LogP contribution in [0.4, 0.5) is 0 Å². The molecular weight excluding hydrogens is 279 g/mol. The number of halogens is 2. The van der Waals surface area contributed by atoms with Crippen molar-refractivity contribution in [2.75, 3.05) is 13.7 Å². The van der Waals surface area contributed by atoms with Gasteiger partial charge < -0.3 is 14.7 Å². The number of likely N-dealkylation sites (tertiary alicyclic amines) is 1. The lowest BCUT2D eigenvalue weighted by molar-refractivity contribution is -0.134. The van der Waals surface area contributed by atoms with Crippen LogP contribution in [-0.2, 0) is 4.79 Å². The Morgan fingerprint density at radius 2 is 2.28 bits per heavy atom. The lowest BCUT2D eigenvalue weighted by Gasteiger charge is -2.19. The maximum Gasteiger partial charge on any atom is 0.251 e. The van der Waals surface area contributed by atoms with E-state index >= 15 is 0 Å². The molecule has 1 aromatic rings. The van der Waals surface area contributed by atoms with E-state index in [-0.39, 0.29) is 36.8 Å². The van der Waals surface area contributed by atoms with E-state index in [2.05, 4.69) is 4.98 Å². The highest BCUT2D eigenvalue weighted by Crippen LogP contribution is 2.18. The van der Waals surface area contributed by atoms with Crippen molar-refractivity contribution in [2.24, 2.45) is 0 Å². The van der Waals surface area contributed by atoms with Crippen LogP contribution in [0.5, 0.6) is 5.75 Å². The third-order valence-electron chi connectivity index (χ3n) is 2.75. The van der Waals surface area contributed by atoms with E-state index in [0.29, 0.717) is 18.8 Å². The summed E-state index contributed by atoms with van der Waals surface area (Å²) >= 11 is 0. The molecule has 1 saturated heterocycles. The molecule has 0 aliphatic carbocycles. The van der Waals surface area contributed by atoms with Gasteiger partial charge in [-0.25, -0.2) is 0 Å². The number of hydrogen-bond acceptors (Lipinski definition) is 4. The van der Waals surface area contributed by atoms with Crippen LogP contribution >= 0.6 is 24.8 Å². The van der Waals surface area contributed by atoms with E-state index in [4.69, 9.17) is 4.74 Å². The fraction of sp³-hybridized carbons (Fsp3) is 0.455. The number of aromatic nitrogens is 1. The molecule has 0 bridgehead atoms. The van der Waals surface area contributed by atoms with Crippen LogP contribution in [0.25, 0.3) is 0 Å². The van der Waals surface area contributed by atoms with E-state index in [1.54, 1.807) is 31.6 Å². The van der Waals surface area contributed by atoms with Gasteiger partial charge in [0.05, 0.1) is 12.2 Å². The van der Waals surface area contributed by atoms with Crippen LogP contribution in [0.15, 0.2) is 24.5 Å². The highest BCUT2D eigenvalue weighted by Gasteiger charge is 2.36. The molecule has 1 fully saturated rings. The van der Waals surface area contributed by atoms with E-state index < -0.39 is 6.10 Å². The van der Waals surface area contributed by atoms with E-state index in [1.807, 2.05) is 0 Å². The van der Waals surface area contributed by atoms with Crippen molar-refractivity contribution in [2.45, 2.75) is 18.6 Å². The number of aliphatic hydroxyl groups is 1. The van der Waals surface area contributed by atoms with Gasteiger partial charge in [0, 0.05) is 19.7 Å². The van der Waals surface area contributed by atoms with Crippen molar-refractivity contribution in [3.8, 4) is 5.75 Å². The highest BCUT2D eigenvalue weighted by atomic mass is 35.5. The third-order valence-corrected chi connectivity index (χ3v) is 2.75. The fourth-order valence-electron chi connectivity index (χ4n) is 1.74. The molecule has 18 heavy (non-hydrogen) atoms. The molecule has 0 spiro atoms. The molecule has 5 nitrogen and oxygen atoms in total. The van der Waals surface area contributed by atoms with Crippen LogP contribution < -0.4 is 4.74 Å². The monoisotopic (exact) mass is 294 g/mol. The number of amides is 1. The Labute approximate surface area is 118 Å². The van der Waals surface area contributed by atoms with Gasteiger partial charge >= 0.3 is 0 Å². The zero-order chi connectivity index (χ0) is 11.5. The quantitative estimate of drug-likeness (QED) is 0.900. The average molecular weight is 295 g/mol. The second-order valence-electron chi connectivity index (χ2n) is 3.85. The minimum absolute atomic E-state index is 0. The molecular formula is C11H16Cl2N2O3. The number of rotatable bonds is 3. The molecule has 0 radical (unpaired) electrons. The molecule has 102 valence electrons. The number of nitrogens with zero attached hydrogens (tertiary/aromatic N) is 2. The van der Waals surface area contributed by atoms with E-state index in [1.165, 1.54) is 4.90 Å². The minimum atomic E-state index is -0.882. The number of hydrogen-bond donors (Lipinski definition) is 1. The summed E-state index contributed by atoms with van der Waals surface area (Å²) in [4.78, 5) is 16.8. The maximum absolute atomic E-state index is 11.3. The summed E-state index contributed by atoms with van der Waals surface area (Å²) in [6.07, 6.45) is 2.83. The van der Waals surface area contributed by atoms with Gasteiger partial charge in [0.15, 0.2) is 0 Å². The lowest BCUT2D eigenvalue weighted by atomic mass is 10.2. The molecule has 0 saturated carbocycles. The van der Waals surface area contributed by atoms with Gasteiger partial charge in [-0.15, -0.1) is 24.8 Å². The van der Waals surface area contributed by atoms with Gasteiger partial charge in [-0.1, -0.05) is 0 Å². The zero-order valence-corrected chi connectivity index (χ0v) is 11.5. The van der Waals surface area contributed by atoms with Crippen LogP contribution in [0.2, 0.25) is 0 Å². The molecule has 0 aromatic carbocycles. The van der Waals surface area contributed by atoms with Crippen molar-refractivity contribution in [1.29, 1.82) is 0 Å². The first-order valence-electron chi connectivity index (χ1n) is 5.16. The largest absolute Gasteiger partial charge is 0.490 e. The van der Waals surface area contributed by atoms with Crippen molar-refractivity contribution in [3.63, 3.8) is 0 Å². The minimum Gasteiger partial charge on any atom is -0.490 e. The summed E-state index contributed by atoms with van der Waals surface area (Å²) in [5.41, 5.74) is 0. The van der Waals surface area contributed by atoms with Gasteiger partial charge in [-0.3, -0.25) is 9.78 Å². The SMILES string of the molecule is CN1C(=O)[C@H](O)C[C@H]1COc1cccnc1.Cl.Cl. The van der Waals surface area contributed by atoms with E-state index in [9.17, 15) is 9.90 Å². The Hall–Kier alpha value is -1.04. The van der Waals surface area contributed by atoms with Crippen LogP contribution in [0, 0.1) is 0 Å². The predicted molar refractivity (Wildman–Crippen MR) is 71.4 cm³/mol. The topological polar surface area (TPSA) is 62.7 Å². The molecule has 1 N–H and O–H groups in total. The van der Waals surface area contributed by atoms with Gasteiger partial charge in [-0.2, -0.15) is 0 Å². The first-order valence-corrected chi connectivity index (χ1v) is 5.16. The van der Waals surface area contributed by atoms with Crippen LogP contribution in [0.1, 0.15) is 6.42 Å².